The molecule has 316 valence electrons. The first-order valence-corrected chi connectivity index (χ1v) is 23.3. The van der Waals surface area contributed by atoms with Crippen molar-refractivity contribution in [2.24, 2.45) is 0 Å². The van der Waals surface area contributed by atoms with Gasteiger partial charge in [-0.25, -0.2) is 0 Å². The van der Waals surface area contributed by atoms with E-state index in [0.29, 0.717) is 0 Å². The molecule has 0 fully saturated rings. The van der Waals surface area contributed by atoms with Crippen molar-refractivity contribution in [1.82, 2.24) is 0 Å². The van der Waals surface area contributed by atoms with E-state index in [4.69, 9.17) is 0 Å². The quantitative estimate of drug-likeness (QED) is 0.163. The minimum absolute atomic E-state index is 0.00548. The Hall–Kier alpha value is -5.80. The average Bonchev–Trinajstić information content (AvgIpc) is 3.24. The van der Waals surface area contributed by atoms with E-state index in [9.17, 15) is 0 Å². The van der Waals surface area contributed by atoms with E-state index >= 15 is 0 Å². The highest BCUT2D eigenvalue weighted by Crippen LogP contribution is 2.52. The minimum Gasteiger partial charge on any atom is -0.311 e. The van der Waals surface area contributed by atoms with Crippen molar-refractivity contribution in [3.63, 3.8) is 0 Å². The third-order valence-corrected chi connectivity index (χ3v) is 14.8. The van der Waals surface area contributed by atoms with Crippen molar-refractivity contribution in [1.29, 1.82) is 0 Å². The van der Waals surface area contributed by atoms with Crippen LogP contribution < -0.4 is 26.2 Å². The lowest BCUT2D eigenvalue weighted by atomic mass is 9.33. The van der Waals surface area contributed by atoms with E-state index in [0.717, 1.165) is 0 Å². The zero-order valence-electron chi connectivity index (χ0n) is 39.7. The van der Waals surface area contributed by atoms with Crippen LogP contribution in [0.3, 0.4) is 0 Å². The monoisotopic (exact) mass is 823 g/mol. The predicted octanol–water partition coefficient (Wildman–Crippen LogP) is 14.7. The van der Waals surface area contributed by atoms with Crippen molar-refractivity contribution < 1.29 is 0 Å². The van der Waals surface area contributed by atoms with Crippen LogP contribution in [0.25, 0.3) is 22.3 Å². The lowest BCUT2D eigenvalue weighted by Gasteiger charge is -2.48. The fraction of sp³-hybridized carbons (Fsp3) is 0.300. The summed E-state index contributed by atoms with van der Waals surface area (Å²) in [5, 5.41) is 0. The number of hydrogen-bond acceptors (Lipinski definition) is 2. The van der Waals surface area contributed by atoms with Crippen molar-refractivity contribution in [3.8, 4) is 22.3 Å². The topological polar surface area (TPSA) is 6.48 Å². The molecule has 0 N–H and O–H groups in total. The van der Waals surface area contributed by atoms with Gasteiger partial charge in [-0.15, -0.1) is 0 Å². The molecule has 0 saturated heterocycles. The van der Waals surface area contributed by atoms with Gasteiger partial charge in [-0.3, -0.25) is 0 Å². The fourth-order valence-corrected chi connectivity index (χ4v) is 10.9. The number of hydrogen-bond donors (Lipinski definition) is 0. The molecule has 7 aromatic rings. The van der Waals surface area contributed by atoms with Crippen molar-refractivity contribution in [2.45, 2.75) is 118 Å². The Bertz CT molecular complexity index is 2940. The van der Waals surface area contributed by atoms with Gasteiger partial charge in [0.25, 0.3) is 6.71 Å². The number of fused-ring (bicyclic) bond motifs is 5. The van der Waals surface area contributed by atoms with Crippen molar-refractivity contribution >= 4 is 57.2 Å². The Balaban J connectivity index is 1.32. The van der Waals surface area contributed by atoms with Crippen LogP contribution in [0.2, 0.25) is 0 Å². The van der Waals surface area contributed by atoms with Crippen molar-refractivity contribution in [2.75, 3.05) is 9.80 Å². The van der Waals surface area contributed by atoms with Crippen LogP contribution in [0.1, 0.15) is 115 Å². The first-order valence-electron chi connectivity index (χ1n) is 23.3. The Labute approximate surface area is 378 Å². The van der Waals surface area contributed by atoms with Gasteiger partial charge in [0.2, 0.25) is 0 Å². The molecular formula is C60H63BN2. The first-order chi connectivity index (χ1) is 29.8. The summed E-state index contributed by atoms with van der Waals surface area (Å²) in [7, 11) is 0. The number of anilines is 6. The van der Waals surface area contributed by atoms with E-state index < -0.39 is 0 Å². The van der Waals surface area contributed by atoms with Crippen LogP contribution in [0, 0.1) is 13.8 Å². The maximum absolute atomic E-state index is 2.66. The fourth-order valence-electron chi connectivity index (χ4n) is 10.9. The number of aryl methyl sites for hydroxylation is 2. The van der Waals surface area contributed by atoms with Gasteiger partial charge in [-0.1, -0.05) is 160 Å². The van der Waals surface area contributed by atoms with E-state index in [1.54, 1.807) is 0 Å². The predicted molar refractivity (Wildman–Crippen MR) is 273 cm³/mol. The smallest absolute Gasteiger partial charge is 0.252 e. The van der Waals surface area contributed by atoms with E-state index in [-0.39, 0.29) is 28.4 Å². The minimum atomic E-state index is -0.0313. The molecule has 0 unspecified atom stereocenters. The lowest BCUT2D eigenvalue weighted by Crippen LogP contribution is -2.62. The van der Waals surface area contributed by atoms with Crippen LogP contribution in [-0.2, 0) is 21.7 Å². The largest absolute Gasteiger partial charge is 0.311 e. The summed E-state index contributed by atoms with van der Waals surface area (Å²) in [5.41, 5.74) is 24.9. The number of rotatable bonds is 4. The van der Waals surface area contributed by atoms with Crippen LogP contribution in [0.15, 0.2) is 140 Å². The highest BCUT2D eigenvalue weighted by molar-refractivity contribution is 7.00. The first kappa shape index (κ1) is 41.2. The SMILES string of the molecule is Cc1cc2c3c(c1)N(c1ccc(C(C)(C)C)cc1-c1ccccc1)c1cc(C(C)(C)C)ccc1B3c1cc3c(cc1N2c1ccc(-c2ccccc2)cc1C)C(C)(C)CCC3(C)C. The Morgan fingerprint density at radius 3 is 1.57 bits per heavy atom. The Kier molecular flexibility index (Phi) is 9.40. The molecule has 7 aromatic carbocycles. The third-order valence-electron chi connectivity index (χ3n) is 14.8. The highest BCUT2D eigenvalue weighted by atomic mass is 15.2. The number of benzene rings is 7. The summed E-state index contributed by atoms with van der Waals surface area (Å²) in [5.74, 6) is 0. The number of nitrogens with zero attached hydrogens (tertiary/aromatic N) is 2. The summed E-state index contributed by atoms with van der Waals surface area (Å²) < 4.78 is 0. The molecule has 1 aliphatic carbocycles. The molecule has 0 radical (unpaired) electrons. The van der Waals surface area contributed by atoms with Crippen molar-refractivity contribution in [3.05, 3.63) is 173 Å². The van der Waals surface area contributed by atoms with Gasteiger partial charge in [-0.2, -0.15) is 0 Å². The third kappa shape index (κ3) is 6.77. The zero-order valence-corrected chi connectivity index (χ0v) is 39.7. The maximum Gasteiger partial charge on any atom is 0.252 e. The highest BCUT2D eigenvalue weighted by Gasteiger charge is 2.47. The lowest BCUT2D eigenvalue weighted by molar-refractivity contribution is 0.332. The molecule has 3 heteroatoms. The normalized spacial score (nSPS) is 16.0. The van der Waals surface area contributed by atoms with Gasteiger partial charge < -0.3 is 9.80 Å². The molecule has 10 rings (SSSR count). The molecule has 0 atom stereocenters. The second kappa shape index (κ2) is 14.4. The van der Waals surface area contributed by atoms with Gasteiger partial charge in [0.1, 0.15) is 0 Å². The molecular weight excluding hydrogens is 759 g/mol. The second-order valence-corrected chi connectivity index (χ2v) is 22.3. The van der Waals surface area contributed by atoms with Gasteiger partial charge >= 0.3 is 0 Å². The molecule has 2 heterocycles. The summed E-state index contributed by atoms with van der Waals surface area (Å²) in [4.78, 5) is 5.29. The van der Waals surface area contributed by atoms with E-state index in [2.05, 4.69) is 232 Å². The molecule has 3 aliphatic rings. The van der Waals surface area contributed by atoms with Gasteiger partial charge in [-0.05, 0) is 163 Å². The molecule has 0 amide bonds. The van der Waals surface area contributed by atoms with Gasteiger partial charge in [0.15, 0.2) is 0 Å². The summed E-state index contributed by atoms with van der Waals surface area (Å²) >= 11 is 0. The molecule has 63 heavy (non-hydrogen) atoms. The molecule has 0 saturated carbocycles. The average molecular weight is 823 g/mol. The summed E-state index contributed by atoms with van der Waals surface area (Å²) in [6.45, 7) is 28.5. The summed E-state index contributed by atoms with van der Waals surface area (Å²) in [6, 6.07) is 53.9. The van der Waals surface area contributed by atoms with Crippen LogP contribution in [0.5, 0.6) is 0 Å². The standard InChI is InChI=1S/C60H63BN2/c1-38-31-54-56-55(32-38)63(51-28-25-43(57(3,4)5)34-45(51)41-21-17-14-18-22-41)52-35-44(58(6,7)8)24-26-48(52)61(56)49-36-46-47(60(11,12)30-29-59(46,9)10)37-53(49)62(54)50-27-23-42(33-39(50)2)40-19-15-13-16-20-40/h13-28,31-37H,29-30H2,1-12H3. The van der Waals surface area contributed by atoms with Crippen LogP contribution >= 0.6 is 0 Å². The van der Waals surface area contributed by atoms with E-state index in [1.807, 2.05) is 0 Å². The molecule has 2 aliphatic heterocycles. The van der Waals surface area contributed by atoms with E-state index in [1.165, 1.54) is 119 Å². The molecule has 2 nitrogen and oxygen atoms in total. The second-order valence-electron chi connectivity index (χ2n) is 22.3. The van der Waals surface area contributed by atoms with Gasteiger partial charge in [0.05, 0.1) is 5.69 Å². The van der Waals surface area contributed by atoms with Crippen LogP contribution in [-0.4, -0.2) is 6.71 Å². The summed E-state index contributed by atoms with van der Waals surface area (Å²) in [6.07, 6.45) is 2.35. The van der Waals surface area contributed by atoms with Crippen LogP contribution in [0.4, 0.5) is 34.1 Å². The zero-order chi connectivity index (χ0) is 44.4. The van der Waals surface area contributed by atoms with Gasteiger partial charge in [0, 0.05) is 34.0 Å². The maximum atomic E-state index is 2.66. The molecule has 0 spiro atoms. The Morgan fingerprint density at radius 1 is 0.444 bits per heavy atom. The molecule has 0 aromatic heterocycles. The molecule has 0 bridgehead atoms. The Morgan fingerprint density at radius 2 is 0.968 bits per heavy atom.